The minimum absolute atomic E-state index is 0.481. The summed E-state index contributed by atoms with van der Waals surface area (Å²) in [5, 5.41) is 1.96. The molecule has 0 aliphatic heterocycles. The van der Waals surface area contributed by atoms with Crippen molar-refractivity contribution in [1.82, 2.24) is 0 Å². The van der Waals surface area contributed by atoms with E-state index in [4.69, 9.17) is 9.47 Å². The van der Waals surface area contributed by atoms with Crippen LogP contribution in [0.4, 0.5) is 0 Å². The molecule has 0 saturated carbocycles. The number of fused-ring (bicyclic) bond motifs is 1. The number of hydrogen-bond donors (Lipinski definition) is 0. The van der Waals surface area contributed by atoms with E-state index >= 15 is 0 Å². The Labute approximate surface area is 129 Å². The molecule has 0 amide bonds. The van der Waals surface area contributed by atoms with Crippen molar-refractivity contribution in [3.05, 3.63) is 71.8 Å². The molecular weight excluding hydrogens is 276 g/mol. The van der Waals surface area contributed by atoms with Gasteiger partial charge in [-0.3, -0.25) is 4.79 Å². The first-order chi connectivity index (χ1) is 10.8. The number of carbonyl (C=O) groups excluding carboxylic acids is 1. The number of carbonyl (C=O) groups is 1. The summed E-state index contributed by atoms with van der Waals surface area (Å²) in [5.74, 6) is 1.35. The van der Waals surface area contributed by atoms with Gasteiger partial charge < -0.3 is 9.47 Å². The second-order valence-corrected chi connectivity index (χ2v) is 5.00. The average Bonchev–Trinajstić information content (AvgIpc) is 2.59. The maximum Gasteiger partial charge on any atom is 0.162 e. The van der Waals surface area contributed by atoms with Crippen LogP contribution in [0.2, 0.25) is 0 Å². The van der Waals surface area contributed by atoms with Crippen LogP contribution < -0.4 is 9.47 Å². The topological polar surface area (TPSA) is 35.5 Å². The SMILES string of the molecule is COc1cc2cc(C=O)ccc2cc1OCc1ccccc1. The van der Waals surface area contributed by atoms with Crippen molar-refractivity contribution < 1.29 is 14.3 Å². The summed E-state index contributed by atoms with van der Waals surface area (Å²) >= 11 is 0. The number of ether oxygens (including phenoxy) is 2. The average molecular weight is 292 g/mol. The number of benzene rings is 3. The van der Waals surface area contributed by atoms with Crippen LogP contribution in [0, 0.1) is 0 Å². The number of aldehydes is 1. The van der Waals surface area contributed by atoms with E-state index in [0.29, 0.717) is 23.7 Å². The zero-order valence-corrected chi connectivity index (χ0v) is 12.3. The molecule has 3 aromatic rings. The summed E-state index contributed by atoms with van der Waals surface area (Å²) in [6, 6.07) is 19.4. The number of hydrogen-bond acceptors (Lipinski definition) is 3. The van der Waals surface area contributed by atoms with Gasteiger partial charge in [0.1, 0.15) is 12.9 Å². The Balaban J connectivity index is 1.92. The molecule has 0 bridgehead atoms. The molecule has 3 nitrogen and oxygen atoms in total. The minimum atomic E-state index is 0.481. The first-order valence-electron chi connectivity index (χ1n) is 7.04. The zero-order valence-electron chi connectivity index (χ0n) is 12.3. The van der Waals surface area contributed by atoms with E-state index in [0.717, 1.165) is 22.6 Å². The molecule has 0 spiro atoms. The standard InChI is InChI=1S/C19H16O3/c1-21-18-11-17-9-15(12-20)7-8-16(17)10-19(18)22-13-14-5-3-2-4-6-14/h2-12H,13H2,1H3. The monoisotopic (exact) mass is 292 g/mol. The number of methoxy groups -OCH3 is 1. The molecule has 0 fully saturated rings. The third-order valence-corrected chi connectivity index (χ3v) is 3.52. The van der Waals surface area contributed by atoms with Crippen LogP contribution in [0.3, 0.4) is 0 Å². The van der Waals surface area contributed by atoms with Gasteiger partial charge in [-0.25, -0.2) is 0 Å². The van der Waals surface area contributed by atoms with E-state index in [1.807, 2.05) is 54.6 Å². The van der Waals surface area contributed by atoms with Gasteiger partial charge in [0.05, 0.1) is 7.11 Å². The fourth-order valence-electron chi connectivity index (χ4n) is 2.36. The molecule has 3 aromatic carbocycles. The van der Waals surface area contributed by atoms with E-state index in [1.54, 1.807) is 13.2 Å². The lowest BCUT2D eigenvalue weighted by molar-refractivity contribution is 0.112. The molecule has 3 heteroatoms. The third kappa shape index (κ3) is 2.93. The van der Waals surface area contributed by atoms with Crippen LogP contribution >= 0.6 is 0 Å². The first-order valence-corrected chi connectivity index (χ1v) is 7.04. The lowest BCUT2D eigenvalue weighted by Gasteiger charge is -2.12. The molecule has 0 saturated heterocycles. The van der Waals surface area contributed by atoms with Crippen molar-refractivity contribution in [2.45, 2.75) is 6.61 Å². The third-order valence-electron chi connectivity index (χ3n) is 3.52. The molecule has 0 unspecified atom stereocenters. The van der Waals surface area contributed by atoms with Crippen molar-refractivity contribution in [2.75, 3.05) is 7.11 Å². The fraction of sp³-hybridized carbons (Fsp3) is 0.105. The second kappa shape index (κ2) is 6.31. The maximum absolute atomic E-state index is 10.9. The minimum Gasteiger partial charge on any atom is -0.493 e. The van der Waals surface area contributed by atoms with Crippen molar-refractivity contribution >= 4 is 17.1 Å². The number of rotatable bonds is 5. The Hall–Kier alpha value is -2.81. The molecule has 0 atom stereocenters. The van der Waals surface area contributed by atoms with Crippen molar-refractivity contribution in [3.63, 3.8) is 0 Å². The Kier molecular flexibility index (Phi) is 4.05. The van der Waals surface area contributed by atoms with Gasteiger partial charge in [0, 0.05) is 5.56 Å². The second-order valence-electron chi connectivity index (χ2n) is 5.00. The van der Waals surface area contributed by atoms with Gasteiger partial charge in [-0.05, 0) is 34.5 Å². The summed E-state index contributed by atoms with van der Waals surface area (Å²) in [7, 11) is 1.61. The van der Waals surface area contributed by atoms with Gasteiger partial charge in [-0.1, -0.05) is 42.5 Å². The molecule has 0 aromatic heterocycles. The highest BCUT2D eigenvalue weighted by atomic mass is 16.5. The zero-order chi connectivity index (χ0) is 15.4. The fourth-order valence-corrected chi connectivity index (χ4v) is 2.36. The van der Waals surface area contributed by atoms with Gasteiger partial charge in [-0.15, -0.1) is 0 Å². The maximum atomic E-state index is 10.9. The molecule has 0 aliphatic rings. The summed E-state index contributed by atoms with van der Waals surface area (Å²) in [5.41, 5.74) is 1.74. The molecule has 22 heavy (non-hydrogen) atoms. The molecule has 0 heterocycles. The molecule has 0 radical (unpaired) electrons. The lowest BCUT2D eigenvalue weighted by atomic mass is 10.1. The smallest absolute Gasteiger partial charge is 0.162 e. The van der Waals surface area contributed by atoms with Gasteiger partial charge in [0.25, 0.3) is 0 Å². The van der Waals surface area contributed by atoms with Crippen LogP contribution in [0.25, 0.3) is 10.8 Å². The van der Waals surface area contributed by atoms with Crippen molar-refractivity contribution in [3.8, 4) is 11.5 Å². The summed E-state index contributed by atoms with van der Waals surface area (Å²) < 4.78 is 11.3. The quantitative estimate of drug-likeness (QED) is 0.660. The Morgan fingerprint density at radius 3 is 2.41 bits per heavy atom. The van der Waals surface area contributed by atoms with Crippen LogP contribution in [0.15, 0.2) is 60.7 Å². The first kappa shape index (κ1) is 14.1. The molecule has 0 aliphatic carbocycles. The molecular formula is C19H16O3. The van der Waals surface area contributed by atoms with Crippen LogP contribution in [-0.4, -0.2) is 13.4 Å². The van der Waals surface area contributed by atoms with E-state index in [9.17, 15) is 4.79 Å². The van der Waals surface area contributed by atoms with Gasteiger partial charge in [0.2, 0.25) is 0 Å². The van der Waals surface area contributed by atoms with Crippen LogP contribution in [0.1, 0.15) is 15.9 Å². The van der Waals surface area contributed by atoms with Crippen LogP contribution in [-0.2, 0) is 6.61 Å². The highest BCUT2D eigenvalue weighted by Crippen LogP contribution is 2.33. The summed E-state index contributed by atoms with van der Waals surface area (Å²) in [6.07, 6.45) is 0.839. The predicted octanol–water partition coefficient (Wildman–Crippen LogP) is 4.24. The highest BCUT2D eigenvalue weighted by molar-refractivity contribution is 5.91. The predicted molar refractivity (Wildman–Crippen MR) is 86.7 cm³/mol. The molecule has 3 rings (SSSR count). The van der Waals surface area contributed by atoms with Gasteiger partial charge >= 0.3 is 0 Å². The normalized spacial score (nSPS) is 10.4. The Bertz CT molecular complexity index is 794. The van der Waals surface area contributed by atoms with E-state index in [2.05, 4.69) is 0 Å². The Morgan fingerprint density at radius 1 is 0.909 bits per heavy atom. The van der Waals surface area contributed by atoms with E-state index < -0.39 is 0 Å². The molecule has 0 N–H and O–H groups in total. The molecule has 110 valence electrons. The summed E-state index contributed by atoms with van der Waals surface area (Å²) in [4.78, 5) is 10.9. The van der Waals surface area contributed by atoms with Crippen molar-refractivity contribution in [1.29, 1.82) is 0 Å². The lowest BCUT2D eigenvalue weighted by Crippen LogP contribution is -1.97. The van der Waals surface area contributed by atoms with E-state index in [-0.39, 0.29) is 0 Å². The van der Waals surface area contributed by atoms with E-state index in [1.165, 1.54) is 0 Å². The summed E-state index contributed by atoms with van der Waals surface area (Å²) in [6.45, 7) is 0.481. The highest BCUT2D eigenvalue weighted by Gasteiger charge is 2.08. The van der Waals surface area contributed by atoms with Crippen LogP contribution in [0.5, 0.6) is 11.5 Å². The van der Waals surface area contributed by atoms with Crippen molar-refractivity contribution in [2.24, 2.45) is 0 Å². The van der Waals surface area contributed by atoms with Gasteiger partial charge in [0.15, 0.2) is 11.5 Å². The largest absolute Gasteiger partial charge is 0.493 e. The Morgan fingerprint density at radius 2 is 1.68 bits per heavy atom. The van der Waals surface area contributed by atoms with Gasteiger partial charge in [-0.2, -0.15) is 0 Å².